The van der Waals surface area contributed by atoms with Crippen molar-refractivity contribution >= 4 is 40.1 Å². The Hall–Kier alpha value is -4.30. The summed E-state index contributed by atoms with van der Waals surface area (Å²) in [5.41, 5.74) is 2.42. The summed E-state index contributed by atoms with van der Waals surface area (Å²) < 4.78 is 14.9. The van der Waals surface area contributed by atoms with E-state index in [1.807, 2.05) is 30.3 Å². The molecular formula is C29H23ClFN3O4. The number of benzene rings is 3. The monoisotopic (exact) mass is 531 g/mol. The average Bonchev–Trinajstić information content (AvgIpc) is 3.33. The van der Waals surface area contributed by atoms with Crippen molar-refractivity contribution in [2.24, 2.45) is 5.10 Å². The highest BCUT2D eigenvalue weighted by atomic mass is 35.5. The molecule has 0 spiro atoms. The molecule has 0 saturated carbocycles. The van der Waals surface area contributed by atoms with Crippen LogP contribution >= 0.6 is 11.6 Å². The van der Waals surface area contributed by atoms with Gasteiger partial charge in [0.1, 0.15) is 5.82 Å². The summed E-state index contributed by atoms with van der Waals surface area (Å²) in [4.78, 5) is 40.6. The van der Waals surface area contributed by atoms with E-state index in [0.717, 1.165) is 5.56 Å². The molecule has 1 aliphatic heterocycles. The number of H-pyrrole nitrogens is 1. The molecule has 1 aliphatic rings. The number of aliphatic carboxylic acids is 1. The molecule has 0 bridgehead atoms. The summed E-state index contributed by atoms with van der Waals surface area (Å²) in [6, 6.07) is 19.8. The normalized spacial score (nSPS) is 15.1. The number of fused-ring (bicyclic) bond motifs is 1. The van der Waals surface area contributed by atoms with Gasteiger partial charge in [-0.1, -0.05) is 60.1 Å². The maximum atomic E-state index is 14.9. The number of hydrazone groups is 1. The lowest BCUT2D eigenvalue weighted by Crippen LogP contribution is -2.27. The summed E-state index contributed by atoms with van der Waals surface area (Å²) >= 11 is 6.33. The van der Waals surface area contributed by atoms with Crippen molar-refractivity contribution in [1.82, 2.24) is 9.99 Å². The van der Waals surface area contributed by atoms with E-state index in [-0.39, 0.29) is 36.8 Å². The Morgan fingerprint density at radius 2 is 1.76 bits per heavy atom. The minimum absolute atomic E-state index is 0.0801. The molecule has 0 aliphatic carbocycles. The summed E-state index contributed by atoms with van der Waals surface area (Å²) in [5.74, 6) is -1.96. The van der Waals surface area contributed by atoms with Crippen LogP contribution < -0.4 is 5.56 Å². The molecule has 7 nitrogen and oxygen atoms in total. The van der Waals surface area contributed by atoms with Crippen LogP contribution in [0.4, 0.5) is 4.39 Å². The maximum Gasteiger partial charge on any atom is 0.303 e. The highest BCUT2D eigenvalue weighted by Crippen LogP contribution is 2.38. The van der Waals surface area contributed by atoms with Crippen LogP contribution in [0.25, 0.3) is 22.0 Å². The number of carboxylic acid groups (broad SMARTS) is 1. The quantitative estimate of drug-likeness (QED) is 0.309. The Kier molecular flexibility index (Phi) is 7.07. The van der Waals surface area contributed by atoms with Gasteiger partial charge >= 0.3 is 5.97 Å². The molecule has 0 radical (unpaired) electrons. The first kappa shape index (κ1) is 25.4. The van der Waals surface area contributed by atoms with E-state index >= 15 is 0 Å². The second-order valence-corrected chi connectivity index (χ2v) is 9.47. The Bertz CT molecular complexity index is 1630. The largest absolute Gasteiger partial charge is 0.481 e. The molecule has 0 saturated heterocycles. The zero-order valence-corrected chi connectivity index (χ0v) is 20.9. The van der Waals surface area contributed by atoms with Crippen molar-refractivity contribution in [1.29, 1.82) is 0 Å². The van der Waals surface area contributed by atoms with Crippen LogP contribution in [0.1, 0.15) is 42.9 Å². The second kappa shape index (κ2) is 10.6. The predicted octanol–water partition coefficient (Wildman–Crippen LogP) is 5.92. The van der Waals surface area contributed by atoms with E-state index in [4.69, 9.17) is 16.7 Å². The lowest BCUT2D eigenvalue weighted by atomic mass is 9.91. The van der Waals surface area contributed by atoms with Crippen LogP contribution in [0, 0.1) is 5.82 Å². The maximum absolute atomic E-state index is 14.9. The van der Waals surface area contributed by atoms with Crippen LogP contribution in [0.15, 0.2) is 82.7 Å². The van der Waals surface area contributed by atoms with Crippen molar-refractivity contribution in [3.05, 3.63) is 105 Å². The molecule has 5 rings (SSSR count). The smallest absolute Gasteiger partial charge is 0.303 e. The lowest BCUT2D eigenvalue weighted by Gasteiger charge is -2.22. The van der Waals surface area contributed by atoms with Gasteiger partial charge in [-0.05, 0) is 36.2 Å². The topological polar surface area (TPSA) is 103 Å². The van der Waals surface area contributed by atoms with Gasteiger partial charge < -0.3 is 10.1 Å². The summed E-state index contributed by atoms with van der Waals surface area (Å²) in [7, 11) is 0. The number of nitrogens with zero attached hydrogens (tertiary/aromatic N) is 2. The number of aromatic amines is 1. The van der Waals surface area contributed by atoms with Crippen molar-refractivity contribution in [2.75, 3.05) is 0 Å². The first-order valence-corrected chi connectivity index (χ1v) is 12.5. The molecule has 3 aromatic carbocycles. The van der Waals surface area contributed by atoms with Gasteiger partial charge in [0.25, 0.3) is 5.56 Å². The van der Waals surface area contributed by atoms with Crippen LogP contribution in [-0.2, 0) is 9.59 Å². The Balaban J connectivity index is 1.68. The number of hydrogen-bond acceptors (Lipinski definition) is 4. The number of carboxylic acids is 1. The van der Waals surface area contributed by atoms with Gasteiger partial charge in [-0.15, -0.1) is 0 Å². The van der Waals surface area contributed by atoms with E-state index in [1.165, 1.54) is 11.1 Å². The number of nitrogens with one attached hydrogen (secondary N) is 1. The second-order valence-electron chi connectivity index (χ2n) is 9.03. The number of carbonyl (C=O) groups excluding carboxylic acids is 1. The molecule has 192 valence electrons. The number of hydrogen-bond donors (Lipinski definition) is 2. The first-order valence-electron chi connectivity index (χ1n) is 12.1. The third kappa shape index (κ3) is 4.95. The third-order valence-electron chi connectivity index (χ3n) is 6.54. The molecule has 1 amide bonds. The van der Waals surface area contributed by atoms with E-state index in [9.17, 15) is 18.8 Å². The standard InChI is InChI=1S/C29H23ClFN3O4/c30-18-13-14-22-20(15-18)27(17-7-2-1-3-8-17)28(29(38)32-22)23-16-24(19-9-4-5-10-21(19)31)34(33-23)25(35)11-6-12-26(36)37/h1-5,7-10,13-15,24H,6,11-12,16H2,(H,32,38)(H,36,37)/t24-/m1/s1. The van der Waals surface area contributed by atoms with E-state index in [0.29, 0.717) is 27.2 Å². The van der Waals surface area contributed by atoms with Gasteiger partial charge in [0.15, 0.2) is 0 Å². The number of rotatable bonds is 7. The molecular weight excluding hydrogens is 509 g/mol. The van der Waals surface area contributed by atoms with Gasteiger partial charge in [-0.25, -0.2) is 9.40 Å². The Morgan fingerprint density at radius 1 is 1.03 bits per heavy atom. The fourth-order valence-electron chi connectivity index (χ4n) is 4.83. The molecule has 0 fully saturated rings. The highest BCUT2D eigenvalue weighted by Gasteiger charge is 2.36. The van der Waals surface area contributed by atoms with Crippen LogP contribution in [0.5, 0.6) is 0 Å². The summed E-state index contributed by atoms with van der Waals surface area (Å²) in [6.07, 6.45) is -0.0442. The van der Waals surface area contributed by atoms with E-state index in [1.54, 1.807) is 36.4 Å². The lowest BCUT2D eigenvalue weighted by molar-refractivity contribution is -0.137. The third-order valence-corrected chi connectivity index (χ3v) is 6.77. The minimum Gasteiger partial charge on any atom is -0.481 e. The Morgan fingerprint density at radius 3 is 2.50 bits per heavy atom. The SMILES string of the molecule is O=C(O)CCCC(=O)N1N=C(c2c(-c3ccccc3)c3cc(Cl)ccc3[nH]c2=O)C[C@@H]1c1ccccc1F. The van der Waals surface area contributed by atoms with Crippen LogP contribution in [-0.4, -0.2) is 32.7 Å². The van der Waals surface area contributed by atoms with Crippen LogP contribution in [0.2, 0.25) is 5.02 Å². The number of carbonyl (C=O) groups is 2. The molecule has 1 aromatic heterocycles. The molecule has 0 unspecified atom stereocenters. The van der Waals surface area contributed by atoms with Gasteiger partial charge in [-0.2, -0.15) is 5.10 Å². The van der Waals surface area contributed by atoms with E-state index in [2.05, 4.69) is 10.1 Å². The number of aromatic nitrogens is 1. The molecule has 38 heavy (non-hydrogen) atoms. The molecule has 9 heteroatoms. The zero-order valence-electron chi connectivity index (χ0n) is 20.2. The Labute approximate surface area is 222 Å². The van der Waals surface area contributed by atoms with Crippen molar-refractivity contribution in [3.63, 3.8) is 0 Å². The van der Waals surface area contributed by atoms with Gasteiger partial charge in [0.2, 0.25) is 5.91 Å². The van der Waals surface area contributed by atoms with Gasteiger partial charge in [0, 0.05) is 46.3 Å². The first-order chi connectivity index (χ1) is 18.3. The average molecular weight is 532 g/mol. The van der Waals surface area contributed by atoms with Crippen molar-refractivity contribution in [3.8, 4) is 11.1 Å². The summed E-state index contributed by atoms with van der Waals surface area (Å²) in [5, 5.41) is 15.9. The molecule has 1 atom stereocenters. The van der Waals surface area contributed by atoms with Gasteiger partial charge in [0.05, 0.1) is 17.3 Å². The molecule has 2 N–H and O–H groups in total. The molecule has 2 heterocycles. The zero-order chi connectivity index (χ0) is 26.8. The summed E-state index contributed by atoms with van der Waals surface area (Å²) in [6.45, 7) is 0. The highest BCUT2D eigenvalue weighted by molar-refractivity contribution is 6.31. The fourth-order valence-corrected chi connectivity index (χ4v) is 5.00. The minimum atomic E-state index is -1.01. The number of pyridine rings is 1. The van der Waals surface area contributed by atoms with Gasteiger partial charge in [-0.3, -0.25) is 14.4 Å². The van der Waals surface area contributed by atoms with Crippen molar-refractivity contribution in [2.45, 2.75) is 31.7 Å². The van der Waals surface area contributed by atoms with E-state index < -0.39 is 29.3 Å². The number of halogens is 2. The van der Waals surface area contributed by atoms with Crippen molar-refractivity contribution < 1.29 is 19.1 Å². The number of amides is 1. The predicted molar refractivity (Wildman–Crippen MR) is 144 cm³/mol. The fraction of sp³-hybridized carbons (Fsp3) is 0.172. The molecule has 4 aromatic rings. The van der Waals surface area contributed by atoms with Crippen LogP contribution in [0.3, 0.4) is 0 Å².